The highest BCUT2D eigenvalue weighted by Gasteiger charge is 2.21. The highest BCUT2D eigenvalue weighted by atomic mass is 16.1. The van der Waals surface area contributed by atoms with E-state index in [9.17, 15) is 4.79 Å². The third-order valence-electron chi connectivity index (χ3n) is 4.22. The van der Waals surface area contributed by atoms with Gasteiger partial charge in [0, 0.05) is 30.9 Å². The van der Waals surface area contributed by atoms with E-state index in [2.05, 4.69) is 29.4 Å². The number of hydrogen-bond donors (Lipinski definition) is 2. The minimum Gasteiger partial charge on any atom is -0.385 e. The SMILES string of the molecule is CCNc1ccc(C(=O)NCC2CCN(CC)C2)c(C)c1. The number of likely N-dealkylation sites (tertiary alicyclic amines) is 1. The molecule has 1 aromatic carbocycles. The first-order valence-electron chi connectivity index (χ1n) is 7.99. The van der Waals surface area contributed by atoms with Crippen LogP contribution in [0.5, 0.6) is 0 Å². The summed E-state index contributed by atoms with van der Waals surface area (Å²) in [4.78, 5) is 14.7. The van der Waals surface area contributed by atoms with Crippen LogP contribution in [-0.2, 0) is 0 Å². The molecule has 1 aliphatic heterocycles. The molecule has 0 saturated carbocycles. The highest BCUT2D eigenvalue weighted by Crippen LogP contribution is 2.17. The Morgan fingerprint density at radius 3 is 2.81 bits per heavy atom. The van der Waals surface area contributed by atoms with Crippen molar-refractivity contribution in [3.8, 4) is 0 Å². The number of aryl methyl sites for hydroxylation is 1. The van der Waals surface area contributed by atoms with Gasteiger partial charge in [0.05, 0.1) is 0 Å². The van der Waals surface area contributed by atoms with Crippen LogP contribution in [0, 0.1) is 12.8 Å². The van der Waals surface area contributed by atoms with Gasteiger partial charge in [-0.15, -0.1) is 0 Å². The molecule has 1 fully saturated rings. The summed E-state index contributed by atoms with van der Waals surface area (Å²) in [7, 11) is 0. The zero-order chi connectivity index (χ0) is 15.2. The first kappa shape index (κ1) is 15.8. The minimum atomic E-state index is 0.0468. The van der Waals surface area contributed by atoms with Gasteiger partial charge in [-0.05, 0) is 63.0 Å². The maximum absolute atomic E-state index is 12.3. The lowest BCUT2D eigenvalue weighted by Gasteiger charge is -2.14. The van der Waals surface area contributed by atoms with Crippen LogP contribution >= 0.6 is 0 Å². The quantitative estimate of drug-likeness (QED) is 0.845. The van der Waals surface area contributed by atoms with Crippen molar-refractivity contribution >= 4 is 11.6 Å². The molecule has 4 nitrogen and oxygen atoms in total. The molecule has 1 saturated heterocycles. The summed E-state index contributed by atoms with van der Waals surface area (Å²) in [6.45, 7) is 11.3. The molecule has 21 heavy (non-hydrogen) atoms. The van der Waals surface area contributed by atoms with Gasteiger partial charge >= 0.3 is 0 Å². The smallest absolute Gasteiger partial charge is 0.251 e. The number of nitrogens with one attached hydrogen (secondary N) is 2. The molecule has 0 aliphatic carbocycles. The van der Waals surface area contributed by atoms with Crippen molar-refractivity contribution in [2.45, 2.75) is 27.2 Å². The summed E-state index contributed by atoms with van der Waals surface area (Å²) in [5.41, 5.74) is 2.87. The number of amides is 1. The molecule has 1 amide bonds. The summed E-state index contributed by atoms with van der Waals surface area (Å²) in [6.07, 6.45) is 1.19. The van der Waals surface area contributed by atoms with Gasteiger partial charge in [0.2, 0.25) is 0 Å². The standard InChI is InChI=1S/C17H27N3O/c1-4-18-15-6-7-16(13(3)10-15)17(21)19-11-14-8-9-20(5-2)12-14/h6-7,10,14,18H,4-5,8-9,11-12H2,1-3H3,(H,19,21). The third-order valence-corrected chi connectivity index (χ3v) is 4.22. The molecule has 1 aromatic rings. The van der Waals surface area contributed by atoms with Crippen molar-refractivity contribution in [2.75, 3.05) is 38.0 Å². The van der Waals surface area contributed by atoms with E-state index in [1.54, 1.807) is 0 Å². The van der Waals surface area contributed by atoms with Gasteiger partial charge in [-0.25, -0.2) is 0 Å². The summed E-state index contributed by atoms with van der Waals surface area (Å²) in [5.74, 6) is 0.640. The van der Waals surface area contributed by atoms with Crippen molar-refractivity contribution in [1.29, 1.82) is 0 Å². The van der Waals surface area contributed by atoms with Crippen LogP contribution in [0.4, 0.5) is 5.69 Å². The Morgan fingerprint density at radius 2 is 2.19 bits per heavy atom. The Morgan fingerprint density at radius 1 is 1.38 bits per heavy atom. The molecule has 4 heteroatoms. The summed E-state index contributed by atoms with van der Waals surface area (Å²) in [5, 5.41) is 6.36. The molecule has 2 N–H and O–H groups in total. The Kier molecular flexibility index (Phi) is 5.62. The molecule has 1 unspecified atom stereocenters. The van der Waals surface area contributed by atoms with Gasteiger partial charge in [0.1, 0.15) is 0 Å². The number of carbonyl (C=O) groups is 1. The molecule has 0 radical (unpaired) electrons. The van der Waals surface area contributed by atoms with Crippen molar-refractivity contribution < 1.29 is 4.79 Å². The molecule has 1 aliphatic rings. The van der Waals surface area contributed by atoms with Crippen molar-refractivity contribution in [3.05, 3.63) is 29.3 Å². The molecule has 1 heterocycles. The summed E-state index contributed by atoms with van der Waals surface area (Å²) in [6, 6.07) is 5.92. The summed E-state index contributed by atoms with van der Waals surface area (Å²) >= 11 is 0. The van der Waals surface area contributed by atoms with Crippen LogP contribution in [0.15, 0.2) is 18.2 Å². The second kappa shape index (κ2) is 7.46. The van der Waals surface area contributed by atoms with E-state index in [0.29, 0.717) is 5.92 Å². The van der Waals surface area contributed by atoms with E-state index in [1.807, 2.05) is 25.1 Å². The zero-order valence-corrected chi connectivity index (χ0v) is 13.4. The number of nitrogens with zero attached hydrogens (tertiary/aromatic N) is 1. The Bertz CT molecular complexity index is 487. The average Bonchev–Trinajstić information content (AvgIpc) is 2.93. The first-order chi connectivity index (χ1) is 10.1. The second-order valence-electron chi connectivity index (χ2n) is 5.82. The Balaban J connectivity index is 1.88. The third kappa shape index (κ3) is 4.21. The largest absolute Gasteiger partial charge is 0.385 e. The van der Waals surface area contributed by atoms with Gasteiger partial charge in [-0.1, -0.05) is 6.92 Å². The van der Waals surface area contributed by atoms with E-state index in [-0.39, 0.29) is 5.91 Å². The predicted molar refractivity (Wildman–Crippen MR) is 87.9 cm³/mol. The zero-order valence-electron chi connectivity index (χ0n) is 13.4. The molecule has 1 atom stereocenters. The Hall–Kier alpha value is -1.55. The fourth-order valence-corrected chi connectivity index (χ4v) is 2.93. The van der Waals surface area contributed by atoms with Crippen LogP contribution < -0.4 is 10.6 Å². The van der Waals surface area contributed by atoms with Gasteiger partial charge in [-0.2, -0.15) is 0 Å². The normalized spacial score (nSPS) is 18.7. The number of rotatable bonds is 6. The van der Waals surface area contributed by atoms with E-state index in [4.69, 9.17) is 0 Å². The molecule has 0 bridgehead atoms. The maximum atomic E-state index is 12.3. The lowest BCUT2D eigenvalue weighted by atomic mass is 10.1. The predicted octanol–water partition coefficient (Wildman–Crippen LogP) is 2.50. The van der Waals surface area contributed by atoms with Crippen molar-refractivity contribution in [3.63, 3.8) is 0 Å². The molecule has 0 spiro atoms. The van der Waals surface area contributed by atoms with E-state index in [1.165, 1.54) is 6.42 Å². The topological polar surface area (TPSA) is 44.4 Å². The number of anilines is 1. The van der Waals surface area contributed by atoms with Gasteiger partial charge in [-0.3, -0.25) is 4.79 Å². The molecular weight excluding hydrogens is 262 g/mol. The number of carbonyl (C=O) groups excluding carboxylic acids is 1. The van der Waals surface area contributed by atoms with E-state index in [0.717, 1.165) is 49.5 Å². The first-order valence-corrected chi connectivity index (χ1v) is 7.99. The lowest BCUT2D eigenvalue weighted by Crippen LogP contribution is -2.31. The highest BCUT2D eigenvalue weighted by molar-refractivity contribution is 5.96. The molecule has 116 valence electrons. The van der Waals surface area contributed by atoms with Crippen LogP contribution in [0.1, 0.15) is 36.2 Å². The number of benzene rings is 1. The fraction of sp³-hybridized carbons (Fsp3) is 0.588. The number of hydrogen-bond acceptors (Lipinski definition) is 3. The van der Waals surface area contributed by atoms with Crippen LogP contribution in [0.2, 0.25) is 0 Å². The van der Waals surface area contributed by atoms with Crippen molar-refractivity contribution in [1.82, 2.24) is 10.2 Å². The van der Waals surface area contributed by atoms with Crippen molar-refractivity contribution in [2.24, 2.45) is 5.92 Å². The minimum absolute atomic E-state index is 0.0468. The second-order valence-corrected chi connectivity index (χ2v) is 5.82. The van der Waals surface area contributed by atoms with E-state index >= 15 is 0 Å². The van der Waals surface area contributed by atoms with Crippen LogP contribution in [0.3, 0.4) is 0 Å². The average molecular weight is 289 g/mol. The monoisotopic (exact) mass is 289 g/mol. The van der Waals surface area contributed by atoms with Gasteiger partial charge in [0.25, 0.3) is 5.91 Å². The van der Waals surface area contributed by atoms with Crippen LogP contribution in [0.25, 0.3) is 0 Å². The van der Waals surface area contributed by atoms with Gasteiger partial charge < -0.3 is 15.5 Å². The molecular formula is C17H27N3O. The fourth-order valence-electron chi connectivity index (χ4n) is 2.93. The van der Waals surface area contributed by atoms with Crippen LogP contribution in [-0.4, -0.2) is 43.5 Å². The maximum Gasteiger partial charge on any atom is 0.251 e. The Labute approximate surface area is 127 Å². The lowest BCUT2D eigenvalue weighted by molar-refractivity contribution is 0.0947. The van der Waals surface area contributed by atoms with E-state index < -0.39 is 0 Å². The summed E-state index contributed by atoms with van der Waals surface area (Å²) < 4.78 is 0. The molecule has 2 rings (SSSR count). The molecule has 0 aromatic heterocycles. The van der Waals surface area contributed by atoms with Gasteiger partial charge in [0.15, 0.2) is 0 Å².